The van der Waals surface area contributed by atoms with Gasteiger partial charge in [0.05, 0.1) is 5.56 Å². The summed E-state index contributed by atoms with van der Waals surface area (Å²) in [5.74, 6) is -0.955. The summed E-state index contributed by atoms with van der Waals surface area (Å²) in [4.78, 5) is 28.6. The van der Waals surface area contributed by atoms with Crippen LogP contribution in [-0.4, -0.2) is 41.7 Å². The molecular formula is C17H23F3N4O3. The van der Waals surface area contributed by atoms with Gasteiger partial charge in [0.15, 0.2) is 0 Å². The normalized spacial score (nSPS) is 16.1. The molecule has 2 rings (SSSR count). The Labute approximate surface area is 155 Å². The lowest BCUT2D eigenvalue weighted by molar-refractivity contribution is -0.141. The Balaban J connectivity index is 2.09. The van der Waals surface area contributed by atoms with Gasteiger partial charge in [0.25, 0.3) is 5.91 Å². The van der Waals surface area contributed by atoms with Gasteiger partial charge in [-0.15, -0.1) is 0 Å². The smallest absolute Gasteiger partial charge is 0.433 e. The maximum atomic E-state index is 12.9. The van der Waals surface area contributed by atoms with E-state index in [1.165, 1.54) is 0 Å². The number of aromatic nitrogens is 1. The summed E-state index contributed by atoms with van der Waals surface area (Å²) in [7, 11) is 0. The number of piperidine rings is 1. The highest BCUT2D eigenvalue weighted by Crippen LogP contribution is 2.31. The molecule has 1 aliphatic rings. The average Bonchev–Trinajstić information content (AvgIpc) is 2.52. The molecule has 0 atom stereocenters. The fourth-order valence-corrected chi connectivity index (χ4v) is 2.71. The number of carbonyl (C=O) groups excluding carboxylic acids is 2. The summed E-state index contributed by atoms with van der Waals surface area (Å²) in [5, 5.41) is 2.68. The van der Waals surface area contributed by atoms with E-state index in [4.69, 9.17) is 10.5 Å². The van der Waals surface area contributed by atoms with E-state index in [9.17, 15) is 22.8 Å². The number of hydrogen-bond acceptors (Lipinski definition) is 5. The number of halogens is 3. The van der Waals surface area contributed by atoms with E-state index in [0.29, 0.717) is 12.8 Å². The quantitative estimate of drug-likeness (QED) is 0.830. The lowest BCUT2D eigenvalue weighted by Gasteiger charge is -2.34. The predicted molar refractivity (Wildman–Crippen MR) is 92.4 cm³/mol. The Morgan fingerprint density at radius 2 is 1.81 bits per heavy atom. The highest BCUT2D eigenvalue weighted by Gasteiger charge is 2.35. The molecule has 2 heterocycles. The van der Waals surface area contributed by atoms with Gasteiger partial charge in [0, 0.05) is 31.5 Å². The van der Waals surface area contributed by atoms with Gasteiger partial charge in [-0.25, -0.2) is 9.78 Å². The van der Waals surface area contributed by atoms with E-state index in [-0.39, 0.29) is 30.6 Å². The summed E-state index contributed by atoms with van der Waals surface area (Å²) in [5.41, 5.74) is 3.67. The molecule has 150 valence electrons. The second kappa shape index (κ2) is 7.61. The van der Waals surface area contributed by atoms with Crippen molar-refractivity contribution in [3.05, 3.63) is 23.4 Å². The van der Waals surface area contributed by atoms with Crippen LogP contribution in [-0.2, 0) is 10.9 Å². The third kappa shape index (κ3) is 5.73. The number of primary amides is 1. The minimum atomic E-state index is -4.63. The third-order valence-electron chi connectivity index (χ3n) is 3.92. The number of nitrogens with one attached hydrogen (secondary N) is 1. The van der Waals surface area contributed by atoms with Crippen LogP contribution < -0.4 is 16.0 Å². The van der Waals surface area contributed by atoms with E-state index < -0.39 is 29.4 Å². The Morgan fingerprint density at radius 1 is 1.22 bits per heavy atom. The Bertz CT molecular complexity index is 708. The molecule has 0 spiro atoms. The number of nitrogens with two attached hydrogens (primary N) is 1. The van der Waals surface area contributed by atoms with Gasteiger partial charge in [-0.3, -0.25) is 4.79 Å². The van der Waals surface area contributed by atoms with Crippen LogP contribution in [0.3, 0.4) is 0 Å². The van der Waals surface area contributed by atoms with Crippen LogP contribution in [0, 0.1) is 0 Å². The number of nitrogens with zero attached hydrogens (tertiary/aromatic N) is 2. The summed E-state index contributed by atoms with van der Waals surface area (Å²) in [6, 6.07) is 1.77. The summed E-state index contributed by atoms with van der Waals surface area (Å²) in [6.45, 7) is 6.02. The molecule has 1 aromatic heterocycles. The van der Waals surface area contributed by atoms with Crippen molar-refractivity contribution in [3.63, 3.8) is 0 Å². The fourth-order valence-electron chi connectivity index (χ4n) is 2.71. The number of pyridine rings is 1. The number of rotatable bonds is 3. The number of alkyl carbamates (subject to hydrolysis) is 1. The van der Waals surface area contributed by atoms with Gasteiger partial charge in [-0.2, -0.15) is 13.2 Å². The fraction of sp³-hybridized carbons (Fsp3) is 0.588. The number of ether oxygens (including phenoxy) is 1. The van der Waals surface area contributed by atoms with Gasteiger partial charge >= 0.3 is 12.3 Å². The molecule has 0 aliphatic carbocycles. The van der Waals surface area contributed by atoms with E-state index in [0.717, 1.165) is 12.1 Å². The van der Waals surface area contributed by atoms with E-state index >= 15 is 0 Å². The monoisotopic (exact) mass is 388 g/mol. The summed E-state index contributed by atoms with van der Waals surface area (Å²) < 4.78 is 44.2. The zero-order valence-electron chi connectivity index (χ0n) is 15.4. The maximum Gasteiger partial charge on any atom is 0.433 e. The van der Waals surface area contributed by atoms with Gasteiger partial charge in [0.2, 0.25) is 0 Å². The Morgan fingerprint density at radius 3 is 2.30 bits per heavy atom. The molecule has 27 heavy (non-hydrogen) atoms. The van der Waals surface area contributed by atoms with Crippen molar-refractivity contribution in [2.45, 2.75) is 51.4 Å². The molecule has 0 saturated carbocycles. The van der Waals surface area contributed by atoms with Gasteiger partial charge in [-0.1, -0.05) is 0 Å². The molecule has 0 radical (unpaired) electrons. The summed E-state index contributed by atoms with van der Waals surface area (Å²) >= 11 is 0. The number of hydrogen-bond donors (Lipinski definition) is 2. The summed E-state index contributed by atoms with van der Waals surface area (Å²) in [6.07, 6.45) is -4.75. The highest BCUT2D eigenvalue weighted by atomic mass is 19.4. The zero-order valence-corrected chi connectivity index (χ0v) is 15.4. The topological polar surface area (TPSA) is 97.6 Å². The number of anilines is 1. The minimum absolute atomic E-state index is 0.0761. The van der Waals surface area contributed by atoms with Crippen molar-refractivity contribution in [2.24, 2.45) is 5.73 Å². The largest absolute Gasteiger partial charge is 0.446 e. The number of alkyl halides is 3. The molecule has 10 heteroatoms. The highest BCUT2D eigenvalue weighted by molar-refractivity contribution is 5.97. The van der Waals surface area contributed by atoms with Crippen LogP contribution in [0.15, 0.2) is 12.1 Å². The van der Waals surface area contributed by atoms with E-state index in [1.807, 2.05) is 20.8 Å². The zero-order chi connectivity index (χ0) is 20.4. The van der Waals surface area contributed by atoms with Crippen LogP contribution in [0.25, 0.3) is 0 Å². The standard InChI is InChI=1S/C17H23F3N4O3/c1-16(2,3)23-15(26)27-10-6-8-24(9-7-10)14-11(13(21)25)4-5-12(22-14)17(18,19)20/h4-5,10H,6-9H2,1-3H3,(H2,21,25)(H,23,26). The number of amides is 2. The maximum absolute atomic E-state index is 12.9. The molecule has 1 fully saturated rings. The first-order valence-electron chi connectivity index (χ1n) is 8.48. The molecule has 3 N–H and O–H groups in total. The minimum Gasteiger partial charge on any atom is -0.446 e. The Kier molecular flexibility index (Phi) is 5.86. The molecule has 1 aliphatic heterocycles. The lowest BCUT2D eigenvalue weighted by Crippen LogP contribution is -2.45. The second-order valence-corrected chi connectivity index (χ2v) is 7.40. The Hall–Kier alpha value is -2.52. The van der Waals surface area contributed by atoms with Crippen molar-refractivity contribution in [3.8, 4) is 0 Å². The van der Waals surface area contributed by atoms with Crippen molar-refractivity contribution >= 4 is 17.8 Å². The molecule has 1 aromatic rings. The van der Waals surface area contributed by atoms with Crippen LogP contribution >= 0.6 is 0 Å². The van der Waals surface area contributed by atoms with Crippen LogP contribution in [0.4, 0.5) is 23.8 Å². The van der Waals surface area contributed by atoms with Crippen LogP contribution in [0.1, 0.15) is 49.7 Å². The molecular weight excluding hydrogens is 365 g/mol. The first-order valence-corrected chi connectivity index (χ1v) is 8.48. The van der Waals surface area contributed by atoms with Gasteiger partial charge in [0.1, 0.15) is 17.6 Å². The van der Waals surface area contributed by atoms with Crippen molar-refractivity contribution in [2.75, 3.05) is 18.0 Å². The number of carbonyl (C=O) groups is 2. The van der Waals surface area contributed by atoms with E-state index in [1.54, 1.807) is 4.90 Å². The predicted octanol–water partition coefficient (Wildman–Crippen LogP) is 2.69. The molecule has 0 unspecified atom stereocenters. The van der Waals surface area contributed by atoms with E-state index in [2.05, 4.69) is 10.3 Å². The van der Waals surface area contributed by atoms with Gasteiger partial charge < -0.3 is 20.7 Å². The molecule has 1 saturated heterocycles. The van der Waals surface area contributed by atoms with Crippen LogP contribution in [0.2, 0.25) is 0 Å². The SMILES string of the molecule is CC(C)(C)NC(=O)OC1CCN(c2nc(C(F)(F)F)ccc2C(N)=O)CC1. The first-order chi connectivity index (χ1) is 12.4. The average molecular weight is 388 g/mol. The molecule has 0 bridgehead atoms. The molecule has 2 amide bonds. The third-order valence-corrected chi connectivity index (χ3v) is 3.92. The molecule has 7 nitrogen and oxygen atoms in total. The first kappa shape index (κ1) is 20.8. The van der Waals surface area contributed by atoms with Crippen molar-refractivity contribution < 1.29 is 27.5 Å². The second-order valence-electron chi connectivity index (χ2n) is 7.40. The lowest BCUT2D eigenvalue weighted by atomic mass is 10.1. The molecule has 0 aromatic carbocycles. The van der Waals surface area contributed by atoms with Gasteiger partial charge in [-0.05, 0) is 32.9 Å². The van der Waals surface area contributed by atoms with Crippen molar-refractivity contribution in [1.82, 2.24) is 10.3 Å². The van der Waals surface area contributed by atoms with Crippen LogP contribution in [0.5, 0.6) is 0 Å². The van der Waals surface area contributed by atoms with Crippen molar-refractivity contribution in [1.29, 1.82) is 0 Å².